The zero-order valence-electron chi connectivity index (χ0n) is 22.4. The van der Waals surface area contributed by atoms with Crippen molar-refractivity contribution in [1.82, 2.24) is 9.78 Å². The second-order valence-corrected chi connectivity index (χ2v) is 11.1. The van der Waals surface area contributed by atoms with Crippen molar-refractivity contribution in [2.75, 3.05) is 0 Å². The van der Waals surface area contributed by atoms with Gasteiger partial charge in [-0.2, -0.15) is 5.10 Å². The van der Waals surface area contributed by atoms with E-state index in [1.807, 2.05) is 0 Å². The summed E-state index contributed by atoms with van der Waals surface area (Å²) in [6.45, 7) is 11.9. The molecule has 2 aromatic rings. The average molecular weight is 471 g/mol. The van der Waals surface area contributed by atoms with Gasteiger partial charge in [-0.1, -0.05) is 99.2 Å². The highest BCUT2D eigenvalue weighted by molar-refractivity contribution is 5.70. The number of benzene rings is 1. The molecule has 0 amide bonds. The van der Waals surface area contributed by atoms with E-state index in [0.29, 0.717) is 5.92 Å². The van der Waals surface area contributed by atoms with E-state index < -0.39 is 0 Å². The Morgan fingerprint density at radius 1 is 1.06 bits per heavy atom. The number of allylic oxidation sites excluding steroid dienone is 5. The lowest BCUT2D eigenvalue weighted by Crippen LogP contribution is -2.21. The van der Waals surface area contributed by atoms with Crippen LogP contribution in [0.25, 0.3) is 11.1 Å². The number of rotatable bonds is 11. The SMILES string of the molecule is C=C(C)CCCC1CCC(Cn2nc(C3C=CC(CC)=CC3)c(-c3ccccc3)c2CCC)CC1. The molecule has 1 atom stereocenters. The Hall–Kier alpha value is -2.35. The van der Waals surface area contributed by atoms with Gasteiger partial charge in [-0.25, -0.2) is 0 Å². The first kappa shape index (κ1) is 25.7. The number of hydrogen-bond donors (Lipinski definition) is 0. The van der Waals surface area contributed by atoms with E-state index >= 15 is 0 Å². The van der Waals surface area contributed by atoms with Crippen molar-refractivity contribution < 1.29 is 0 Å². The predicted molar refractivity (Wildman–Crippen MR) is 151 cm³/mol. The second-order valence-electron chi connectivity index (χ2n) is 11.1. The Balaban J connectivity index is 1.55. The average Bonchev–Trinajstić information content (AvgIpc) is 3.23. The van der Waals surface area contributed by atoms with Crippen molar-refractivity contribution >= 4 is 0 Å². The maximum absolute atomic E-state index is 5.39. The molecule has 0 saturated heterocycles. The van der Waals surface area contributed by atoms with Gasteiger partial charge in [0, 0.05) is 23.7 Å². The molecule has 0 aliphatic heterocycles. The van der Waals surface area contributed by atoms with Gasteiger partial charge in [0.2, 0.25) is 0 Å². The third-order valence-corrected chi connectivity index (χ3v) is 8.18. The molecule has 188 valence electrons. The van der Waals surface area contributed by atoms with E-state index in [2.05, 4.69) is 80.6 Å². The molecule has 0 N–H and O–H groups in total. The molecule has 35 heavy (non-hydrogen) atoms. The van der Waals surface area contributed by atoms with Crippen molar-refractivity contribution in [2.24, 2.45) is 11.8 Å². The minimum Gasteiger partial charge on any atom is -0.268 e. The summed E-state index contributed by atoms with van der Waals surface area (Å²) in [5, 5.41) is 5.39. The first-order valence-electron chi connectivity index (χ1n) is 14.3. The van der Waals surface area contributed by atoms with Gasteiger partial charge < -0.3 is 0 Å². The maximum Gasteiger partial charge on any atom is 0.0777 e. The molecular formula is C33H46N2. The lowest BCUT2D eigenvalue weighted by atomic mass is 9.79. The molecule has 2 nitrogen and oxygen atoms in total. The van der Waals surface area contributed by atoms with Crippen LogP contribution in [-0.4, -0.2) is 9.78 Å². The van der Waals surface area contributed by atoms with Crippen LogP contribution in [0.2, 0.25) is 0 Å². The maximum atomic E-state index is 5.39. The van der Waals surface area contributed by atoms with Gasteiger partial charge in [0.15, 0.2) is 0 Å². The van der Waals surface area contributed by atoms with Crippen molar-refractivity contribution in [1.29, 1.82) is 0 Å². The van der Waals surface area contributed by atoms with Gasteiger partial charge >= 0.3 is 0 Å². The molecule has 1 unspecified atom stereocenters. The zero-order chi connectivity index (χ0) is 24.6. The normalized spacial score (nSPS) is 22.3. The molecule has 4 rings (SSSR count). The molecular weight excluding hydrogens is 424 g/mol. The molecule has 1 fully saturated rings. The fourth-order valence-electron chi connectivity index (χ4n) is 6.11. The van der Waals surface area contributed by atoms with Gasteiger partial charge in [0.05, 0.1) is 5.69 Å². The summed E-state index contributed by atoms with van der Waals surface area (Å²) in [5.74, 6) is 2.05. The van der Waals surface area contributed by atoms with Gasteiger partial charge in [-0.3, -0.25) is 4.68 Å². The van der Waals surface area contributed by atoms with Gasteiger partial charge in [-0.05, 0) is 69.3 Å². The monoisotopic (exact) mass is 470 g/mol. The van der Waals surface area contributed by atoms with Crippen molar-refractivity contribution in [3.05, 3.63) is 77.7 Å². The number of hydrogen-bond acceptors (Lipinski definition) is 1. The predicted octanol–water partition coefficient (Wildman–Crippen LogP) is 9.44. The topological polar surface area (TPSA) is 17.8 Å². The molecule has 0 spiro atoms. The van der Waals surface area contributed by atoms with E-state index in [-0.39, 0.29) is 0 Å². The van der Waals surface area contributed by atoms with Crippen LogP contribution >= 0.6 is 0 Å². The summed E-state index contributed by atoms with van der Waals surface area (Å²) in [5.41, 5.74) is 8.27. The Kier molecular flexibility index (Phi) is 9.24. The van der Waals surface area contributed by atoms with Crippen molar-refractivity contribution in [3.8, 4) is 11.1 Å². The quantitative estimate of drug-likeness (QED) is 0.299. The lowest BCUT2D eigenvalue weighted by molar-refractivity contribution is 0.233. The van der Waals surface area contributed by atoms with Gasteiger partial charge in [-0.15, -0.1) is 6.58 Å². The first-order valence-corrected chi connectivity index (χ1v) is 14.3. The smallest absolute Gasteiger partial charge is 0.0777 e. The third kappa shape index (κ3) is 6.66. The van der Waals surface area contributed by atoms with Crippen LogP contribution in [0.1, 0.15) is 102 Å². The van der Waals surface area contributed by atoms with Crippen LogP contribution in [0, 0.1) is 11.8 Å². The number of aromatic nitrogens is 2. The standard InChI is InChI=1S/C33H46N2/c1-5-11-31-32(29-14-8-7-9-15-29)33(30-22-20-26(6-2)21-23-30)34-35(31)24-28-18-16-27(17-19-28)13-10-12-25(3)4/h7-9,14-15,20-22,27-28,30H,3,5-6,10-13,16-19,23-24H2,1-2,4H3. The van der Waals surface area contributed by atoms with Crippen LogP contribution in [-0.2, 0) is 13.0 Å². The second kappa shape index (κ2) is 12.6. The summed E-state index contributed by atoms with van der Waals surface area (Å²) >= 11 is 0. The molecule has 2 aliphatic rings. The van der Waals surface area contributed by atoms with Crippen LogP contribution in [0.3, 0.4) is 0 Å². The molecule has 1 aromatic carbocycles. The van der Waals surface area contributed by atoms with Gasteiger partial charge in [0.1, 0.15) is 0 Å². The van der Waals surface area contributed by atoms with E-state index in [4.69, 9.17) is 5.10 Å². The summed E-state index contributed by atoms with van der Waals surface area (Å²) in [6.07, 6.45) is 21.0. The highest BCUT2D eigenvalue weighted by atomic mass is 15.3. The lowest BCUT2D eigenvalue weighted by Gasteiger charge is -2.29. The highest BCUT2D eigenvalue weighted by Crippen LogP contribution is 2.39. The molecule has 1 saturated carbocycles. The summed E-state index contributed by atoms with van der Waals surface area (Å²) in [7, 11) is 0. The van der Waals surface area contributed by atoms with Crippen molar-refractivity contribution in [2.45, 2.75) is 104 Å². The first-order chi connectivity index (χ1) is 17.1. The highest BCUT2D eigenvalue weighted by Gasteiger charge is 2.27. The molecule has 0 radical (unpaired) electrons. The van der Waals surface area contributed by atoms with Gasteiger partial charge in [0.25, 0.3) is 0 Å². The van der Waals surface area contributed by atoms with E-state index in [1.165, 1.54) is 78.6 Å². The number of nitrogens with zero attached hydrogens (tertiary/aromatic N) is 2. The fraction of sp³-hybridized carbons (Fsp3) is 0.545. The van der Waals surface area contributed by atoms with E-state index in [1.54, 1.807) is 0 Å². The Labute approximate surface area is 214 Å². The molecule has 2 heteroatoms. The minimum atomic E-state index is 0.376. The zero-order valence-corrected chi connectivity index (χ0v) is 22.4. The van der Waals surface area contributed by atoms with E-state index in [0.717, 1.165) is 44.1 Å². The van der Waals surface area contributed by atoms with E-state index in [9.17, 15) is 0 Å². The minimum absolute atomic E-state index is 0.376. The van der Waals surface area contributed by atoms with Crippen LogP contribution in [0.4, 0.5) is 0 Å². The largest absolute Gasteiger partial charge is 0.268 e. The summed E-state index contributed by atoms with van der Waals surface area (Å²) in [6, 6.07) is 11.0. The Morgan fingerprint density at radius 2 is 1.80 bits per heavy atom. The van der Waals surface area contributed by atoms with Crippen molar-refractivity contribution in [3.63, 3.8) is 0 Å². The summed E-state index contributed by atoms with van der Waals surface area (Å²) in [4.78, 5) is 0. The molecule has 0 bridgehead atoms. The Bertz CT molecular complexity index is 1010. The van der Waals surface area contributed by atoms with Crippen LogP contribution in [0.5, 0.6) is 0 Å². The third-order valence-electron chi connectivity index (χ3n) is 8.18. The fourth-order valence-corrected chi connectivity index (χ4v) is 6.11. The Morgan fingerprint density at radius 3 is 2.43 bits per heavy atom. The summed E-state index contributed by atoms with van der Waals surface area (Å²) < 4.78 is 2.43. The van der Waals surface area contributed by atoms with Crippen LogP contribution < -0.4 is 0 Å². The molecule has 1 heterocycles. The van der Waals surface area contributed by atoms with Crippen LogP contribution in [0.15, 0.2) is 66.3 Å². The molecule has 2 aliphatic carbocycles. The molecule has 1 aromatic heterocycles.